The molecule has 0 aliphatic carbocycles. The SMILES string of the molecule is CC1(CCl)COS(=O)S1. The molecule has 1 aliphatic rings. The molecule has 0 bridgehead atoms. The third-order valence-corrected chi connectivity index (χ3v) is 4.78. The second-order valence-electron chi connectivity index (χ2n) is 2.13. The van der Waals surface area contributed by atoms with Crippen LogP contribution in [0.3, 0.4) is 0 Å². The first-order chi connectivity index (χ1) is 4.16. The largest absolute Gasteiger partial charge is 0.280 e. The van der Waals surface area contributed by atoms with Gasteiger partial charge in [-0.1, -0.05) is 0 Å². The lowest BCUT2D eigenvalue weighted by atomic mass is 10.2. The zero-order chi connectivity index (χ0) is 6.91. The Hall–Kier alpha value is 0.750. The molecule has 0 amide bonds. The molecule has 1 rings (SSSR count). The van der Waals surface area contributed by atoms with E-state index in [0.29, 0.717) is 12.5 Å². The van der Waals surface area contributed by atoms with Gasteiger partial charge in [-0.05, 0) is 17.7 Å². The summed E-state index contributed by atoms with van der Waals surface area (Å²) < 4.78 is 15.3. The first kappa shape index (κ1) is 7.85. The summed E-state index contributed by atoms with van der Waals surface area (Å²) in [5.74, 6) is 0.489. The quantitative estimate of drug-likeness (QED) is 0.457. The molecule has 5 heteroatoms. The summed E-state index contributed by atoms with van der Waals surface area (Å²) in [4.78, 5) is 0. The van der Waals surface area contributed by atoms with Crippen LogP contribution in [0.15, 0.2) is 0 Å². The minimum Gasteiger partial charge on any atom is -0.280 e. The molecule has 0 radical (unpaired) electrons. The molecule has 0 aromatic heterocycles. The van der Waals surface area contributed by atoms with E-state index in [9.17, 15) is 4.21 Å². The van der Waals surface area contributed by atoms with Gasteiger partial charge in [0.2, 0.25) is 10.1 Å². The smallest absolute Gasteiger partial charge is 0.219 e. The molecular weight excluding hydrogens is 180 g/mol. The lowest BCUT2D eigenvalue weighted by Gasteiger charge is -2.12. The Labute approximate surface area is 65.4 Å². The van der Waals surface area contributed by atoms with Crippen molar-refractivity contribution in [3.8, 4) is 0 Å². The van der Waals surface area contributed by atoms with E-state index >= 15 is 0 Å². The van der Waals surface area contributed by atoms with Crippen LogP contribution >= 0.6 is 22.4 Å². The summed E-state index contributed by atoms with van der Waals surface area (Å²) >= 11 is 5.58. The van der Waals surface area contributed by atoms with Crippen LogP contribution in [0.5, 0.6) is 0 Å². The van der Waals surface area contributed by atoms with Gasteiger partial charge in [0, 0.05) is 5.88 Å². The van der Waals surface area contributed by atoms with Crippen molar-refractivity contribution in [1.82, 2.24) is 0 Å². The van der Waals surface area contributed by atoms with Crippen molar-refractivity contribution in [1.29, 1.82) is 0 Å². The van der Waals surface area contributed by atoms with Crippen LogP contribution in [0.25, 0.3) is 0 Å². The van der Waals surface area contributed by atoms with Gasteiger partial charge in [-0.25, -0.2) is 4.21 Å². The summed E-state index contributed by atoms with van der Waals surface area (Å²) in [6.45, 7) is 2.43. The molecule has 2 nitrogen and oxygen atoms in total. The maximum atomic E-state index is 10.6. The van der Waals surface area contributed by atoms with E-state index < -0.39 is 10.1 Å². The van der Waals surface area contributed by atoms with Crippen molar-refractivity contribution in [3.63, 3.8) is 0 Å². The van der Waals surface area contributed by atoms with Crippen molar-refractivity contribution in [2.24, 2.45) is 0 Å². The van der Waals surface area contributed by atoms with Crippen molar-refractivity contribution >= 4 is 32.5 Å². The maximum Gasteiger partial charge on any atom is 0.219 e. The average Bonchev–Trinajstić information content (AvgIpc) is 2.13. The fourth-order valence-electron chi connectivity index (χ4n) is 0.446. The van der Waals surface area contributed by atoms with E-state index in [2.05, 4.69) is 0 Å². The highest BCUT2D eigenvalue weighted by Gasteiger charge is 2.35. The number of hydrogen-bond acceptors (Lipinski definition) is 3. The van der Waals surface area contributed by atoms with Crippen LogP contribution in [0, 0.1) is 0 Å². The van der Waals surface area contributed by atoms with Crippen LogP contribution in [0.4, 0.5) is 0 Å². The minimum atomic E-state index is -1.16. The van der Waals surface area contributed by atoms with Gasteiger partial charge >= 0.3 is 0 Å². The normalized spacial score (nSPS) is 43.6. The zero-order valence-corrected chi connectivity index (χ0v) is 7.31. The van der Waals surface area contributed by atoms with Crippen molar-refractivity contribution in [3.05, 3.63) is 0 Å². The number of hydrogen-bond donors (Lipinski definition) is 0. The Bertz CT molecular complexity index is 141. The molecule has 1 saturated heterocycles. The second kappa shape index (κ2) is 2.78. The summed E-state index contributed by atoms with van der Waals surface area (Å²) in [6.07, 6.45) is 0. The van der Waals surface area contributed by atoms with Crippen LogP contribution < -0.4 is 0 Å². The van der Waals surface area contributed by atoms with Gasteiger partial charge in [0.25, 0.3) is 0 Å². The summed E-state index contributed by atoms with van der Waals surface area (Å²) in [6, 6.07) is 0. The molecule has 2 atom stereocenters. The standard InChI is InChI=1S/C4H7ClO2S2/c1-4(2-5)3-7-9(6)8-4/h2-3H2,1H3. The van der Waals surface area contributed by atoms with Gasteiger partial charge in [-0.15, -0.1) is 11.6 Å². The number of alkyl halides is 1. The van der Waals surface area contributed by atoms with Gasteiger partial charge in [0.15, 0.2) is 0 Å². The summed E-state index contributed by atoms with van der Waals surface area (Å²) in [5, 5.41) is 0. The van der Waals surface area contributed by atoms with E-state index in [1.54, 1.807) is 0 Å². The number of rotatable bonds is 1. The Kier molecular flexibility index (Phi) is 2.43. The molecule has 0 N–H and O–H groups in total. The highest BCUT2D eigenvalue weighted by atomic mass is 35.5. The predicted octanol–water partition coefficient (Wildman–Crippen LogP) is 1.33. The third-order valence-electron chi connectivity index (χ3n) is 1.01. The van der Waals surface area contributed by atoms with E-state index in [0.717, 1.165) is 0 Å². The summed E-state index contributed by atoms with van der Waals surface area (Å²) in [7, 11) is 0.126. The Morgan fingerprint density at radius 2 is 2.67 bits per heavy atom. The van der Waals surface area contributed by atoms with E-state index in [1.165, 1.54) is 10.8 Å². The minimum absolute atomic E-state index is 0.133. The van der Waals surface area contributed by atoms with Crippen molar-refractivity contribution in [2.75, 3.05) is 12.5 Å². The zero-order valence-electron chi connectivity index (χ0n) is 4.93. The first-order valence-corrected chi connectivity index (χ1v) is 5.41. The van der Waals surface area contributed by atoms with Crippen LogP contribution in [-0.2, 0) is 14.3 Å². The molecule has 1 aliphatic heterocycles. The molecule has 0 spiro atoms. The molecule has 1 fully saturated rings. The third kappa shape index (κ3) is 1.83. The van der Waals surface area contributed by atoms with Gasteiger partial charge < -0.3 is 0 Å². The van der Waals surface area contributed by atoms with Gasteiger partial charge in [0.1, 0.15) is 0 Å². The molecule has 2 unspecified atom stereocenters. The second-order valence-corrected chi connectivity index (χ2v) is 5.51. The monoisotopic (exact) mass is 186 g/mol. The molecule has 54 valence electrons. The van der Waals surface area contributed by atoms with Crippen molar-refractivity contribution in [2.45, 2.75) is 11.7 Å². The van der Waals surface area contributed by atoms with Gasteiger partial charge in [-0.2, -0.15) is 0 Å². The number of halogens is 1. The van der Waals surface area contributed by atoms with Gasteiger partial charge in [0.05, 0.1) is 11.4 Å². The maximum absolute atomic E-state index is 10.6. The Balaban J connectivity index is 2.54. The van der Waals surface area contributed by atoms with Crippen LogP contribution in [-0.4, -0.2) is 21.4 Å². The highest BCUT2D eigenvalue weighted by molar-refractivity contribution is 8.68. The molecule has 0 aromatic rings. The van der Waals surface area contributed by atoms with Crippen LogP contribution in [0.2, 0.25) is 0 Å². The van der Waals surface area contributed by atoms with Crippen molar-refractivity contribution < 1.29 is 8.39 Å². The van der Waals surface area contributed by atoms with E-state index in [4.69, 9.17) is 15.8 Å². The summed E-state index contributed by atoms with van der Waals surface area (Å²) in [5.41, 5.74) is 0. The average molecular weight is 187 g/mol. The van der Waals surface area contributed by atoms with E-state index in [-0.39, 0.29) is 4.75 Å². The van der Waals surface area contributed by atoms with Gasteiger partial charge in [-0.3, -0.25) is 4.18 Å². The predicted molar refractivity (Wildman–Crippen MR) is 40.8 cm³/mol. The Morgan fingerprint density at radius 1 is 2.00 bits per heavy atom. The Morgan fingerprint density at radius 3 is 2.89 bits per heavy atom. The first-order valence-electron chi connectivity index (χ1n) is 2.47. The van der Waals surface area contributed by atoms with E-state index in [1.807, 2.05) is 6.92 Å². The lowest BCUT2D eigenvalue weighted by molar-refractivity contribution is 0.336. The molecular formula is C4H7ClO2S2. The topological polar surface area (TPSA) is 26.3 Å². The highest BCUT2D eigenvalue weighted by Crippen LogP contribution is 2.36. The van der Waals surface area contributed by atoms with Crippen LogP contribution in [0.1, 0.15) is 6.92 Å². The molecule has 0 aromatic carbocycles. The lowest BCUT2D eigenvalue weighted by Crippen LogP contribution is -2.22. The molecule has 1 heterocycles. The molecule has 0 saturated carbocycles. The fraction of sp³-hybridized carbons (Fsp3) is 1.00. The molecule has 9 heavy (non-hydrogen) atoms. The fourth-order valence-corrected chi connectivity index (χ4v) is 3.44.